The quantitative estimate of drug-likeness (QED) is 0.127. The van der Waals surface area contributed by atoms with Crippen LogP contribution in [0.15, 0.2) is 88.8 Å². The molecule has 37 heavy (non-hydrogen) atoms. The number of nitrogens with zero attached hydrogens (tertiary/aromatic N) is 2. The van der Waals surface area contributed by atoms with Crippen LogP contribution in [0, 0.1) is 0 Å². The van der Waals surface area contributed by atoms with Gasteiger partial charge in [-0.3, -0.25) is 4.79 Å². The van der Waals surface area contributed by atoms with E-state index in [0.717, 1.165) is 27.9 Å². The summed E-state index contributed by atoms with van der Waals surface area (Å²) in [6.07, 6.45) is 1.19. The Morgan fingerprint density at radius 2 is 1.62 bits per heavy atom. The lowest BCUT2D eigenvalue weighted by molar-refractivity contribution is -0.140. The summed E-state index contributed by atoms with van der Waals surface area (Å²) in [5.74, 6) is 4.31. The van der Waals surface area contributed by atoms with Crippen molar-refractivity contribution in [3.8, 4) is 11.1 Å². The summed E-state index contributed by atoms with van der Waals surface area (Å²) in [4.78, 5) is 20.8. The Balaban J connectivity index is 1.28. The Morgan fingerprint density at radius 1 is 1.03 bits per heavy atom. The van der Waals surface area contributed by atoms with Gasteiger partial charge >= 0.3 is 5.97 Å². The molecule has 2 fully saturated rings. The summed E-state index contributed by atoms with van der Waals surface area (Å²) in [6.45, 7) is 4.11. The normalized spacial score (nSPS) is 21.3. The zero-order valence-electron chi connectivity index (χ0n) is 20.8. The van der Waals surface area contributed by atoms with Crippen molar-refractivity contribution in [1.29, 1.82) is 0 Å². The fourth-order valence-electron chi connectivity index (χ4n) is 4.38. The molecule has 1 unspecified atom stereocenters. The van der Waals surface area contributed by atoms with Crippen LogP contribution in [-0.2, 0) is 19.7 Å². The Labute approximate surface area is 215 Å². The minimum atomic E-state index is -1.08. The number of benzene rings is 3. The number of aliphatic imine (C=N–C) groups is 2. The number of hydrogen-bond donors (Lipinski definition) is 3. The summed E-state index contributed by atoms with van der Waals surface area (Å²) in [6, 6.07) is 25.4. The molecular weight excluding hydrogens is 468 g/mol. The molecule has 1 aliphatic heterocycles. The molecule has 3 aromatic rings. The van der Waals surface area contributed by atoms with Gasteiger partial charge in [0.1, 0.15) is 6.61 Å². The molecule has 0 radical (unpaired) electrons. The first kappa shape index (κ1) is 24.8. The minimum Gasteiger partial charge on any atom is -0.481 e. The van der Waals surface area contributed by atoms with Crippen molar-refractivity contribution in [2.45, 2.75) is 44.1 Å². The molecule has 8 heteroatoms. The number of amidine groups is 1. The van der Waals surface area contributed by atoms with Gasteiger partial charge in [-0.1, -0.05) is 66.7 Å². The maximum Gasteiger partial charge on any atom is 0.314 e. The molecule has 1 saturated heterocycles. The van der Waals surface area contributed by atoms with Crippen LogP contribution in [-0.4, -0.2) is 35.1 Å². The number of carbonyl (C=O) groups is 1. The third-order valence-corrected chi connectivity index (χ3v) is 6.88. The molecule has 190 valence electrons. The lowest BCUT2D eigenvalue weighted by atomic mass is 9.94. The lowest BCUT2D eigenvalue weighted by Gasteiger charge is -2.17. The molecule has 0 amide bonds. The number of hydrazine groups is 1. The van der Waals surface area contributed by atoms with Gasteiger partial charge in [0, 0.05) is 0 Å². The predicted octanol–water partition coefficient (Wildman–Crippen LogP) is 4.89. The highest BCUT2D eigenvalue weighted by molar-refractivity contribution is 6.40. The van der Waals surface area contributed by atoms with Crippen LogP contribution in [0.1, 0.15) is 43.9 Å². The summed E-state index contributed by atoms with van der Waals surface area (Å²) in [5.41, 5.74) is 7.18. The Morgan fingerprint density at radius 3 is 2.14 bits per heavy atom. The van der Waals surface area contributed by atoms with Gasteiger partial charge < -0.3 is 20.0 Å². The van der Waals surface area contributed by atoms with Crippen molar-refractivity contribution in [2.75, 3.05) is 6.61 Å². The van der Waals surface area contributed by atoms with Gasteiger partial charge in [0.15, 0.2) is 5.84 Å². The Kier molecular flexibility index (Phi) is 6.64. The first-order valence-electron chi connectivity index (χ1n) is 12.3. The SMILES string of the molecule is CC(=Nc1ccc(-c2ccc(C3(C(=O)O)CC3)cc2)cc1)/C(=N/C1(O[C@H](C)c2ccccc2)CO1)NN. The number of carboxylic acid groups (broad SMARTS) is 1. The molecule has 2 atom stereocenters. The molecule has 0 bridgehead atoms. The molecule has 1 heterocycles. The first-order chi connectivity index (χ1) is 17.8. The van der Waals surface area contributed by atoms with Crippen molar-refractivity contribution in [3.05, 3.63) is 90.0 Å². The number of epoxide rings is 1. The fourth-order valence-corrected chi connectivity index (χ4v) is 4.38. The zero-order valence-corrected chi connectivity index (χ0v) is 20.8. The van der Waals surface area contributed by atoms with Crippen LogP contribution < -0.4 is 11.3 Å². The molecular formula is C29H30N4O4. The Bertz CT molecular complexity index is 1330. The van der Waals surface area contributed by atoms with Gasteiger partial charge in [-0.2, -0.15) is 0 Å². The number of carboxylic acids is 1. The second-order valence-electron chi connectivity index (χ2n) is 9.49. The highest BCUT2D eigenvalue weighted by Crippen LogP contribution is 2.48. The number of rotatable bonds is 9. The Hall–Kier alpha value is -3.85. The molecule has 8 nitrogen and oxygen atoms in total. The van der Waals surface area contributed by atoms with Crippen LogP contribution in [0.25, 0.3) is 11.1 Å². The smallest absolute Gasteiger partial charge is 0.314 e. The van der Waals surface area contributed by atoms with Gasteiger partial charge in [0.25, 0.3) is 5.91 Å². The van der Waals surface area contributed by atoms with E-state index >= 15 is 0 Å². The van der Waals surface area contributed by atoms with Gasteiger partial charge in [-0.05, 0) is 61.1 Å². The molecule has 1 aliphatic carbocycles. The van der Waals surface area contributed by atoms with E-state index in [1.165, 1.54) is 0 Å². The summed E-state index contributed by atoms with van der Waals surface area (Å²) >= 11 is 0. The van der Waals surface area contributed by atoms with Gasteiger partial charge in [0.2, 0.25) is 0 Å². The molecule has 0 spiro atoms. The average Bonchev–Trinajstić information content (AvgIpc) is 3.85. The van der Waals surface area contributed by atoms with E-state index < -0.39 is 17.3 Å². The predicted molar refractivity (Wildman–Crippen MR) is 143 cm³/mol. The second-order valence-corrected chi connectivity index (χ2v) is 9.49. The first-order valence-corrected chi connectivity index (χ1v) is 12.3. The zero-order chi connectivity index (χ0) is 26.0. The van der Waals surface area contributed by atoms with Crippen molar-refractivity contribution in [1.82, 2.24) is 5.43 Å². The number of ether oxygens (including phenoxy) is 2. The van der Waals surface area contributed by atoms with E-state index in [0.29, 0.717) is 31.0 Å². The largest absolute Gasteiger partial charge is 0.481 e. The van der Waals surface area contributed by atoms with E-state index in [-0.39, 0.29) is 6.10 Å². The van der Waals surface area contributed by atoms with Crippen molar-refractivity contribution in [2.24, 2.45) is 15.8 Å². The van der Waals surface area contributed by atoms with E-state index in [4.69, 9.17) is 15.3 Å². The number of hydrogen-bond acceptors (Lipinski definition) is 6. The summed E-state index contributed by atoms with van der Waals surface area (Å²) < 4.78 is 11.6. The standard InChI is InChI=1S/C29H30N4O4/c1-19(26(33-30)32-29(18-36-29)37-20(2)21-6-4-3-5-7-21)31-25-14-10-23(11-15-25)22-8-12-24(13-9-22)28(16-17-28)27(34)35/h3-15,20H,16-18,30H2,1-2H3,(H,32,33)(H,34,35)/t20-,29?/m1/s1. The molecule has 4 N–H and O–H groups in total. The maximum atomic E-state index is 11.6. The van der Waals surface area contributed by atoms with Crippen molar-refractivity contribution in [3.63, 3.8) is 0 Å². The molecule has 5 rings (SSSR count). The average molecular weight is 499 g/mol. The van der Waals surface area contributed by atoms with E-state index in [2.05, 4.69) is 15.4 Å². The highest BCUT2D eigenvalue weighted by atomic mass is 16.8. The van der Waals surface area contributed by atoms with Crippen LogP contribution in [0.5, 0.6) is 0 Å². The van der Waals surface area contributed by atoms with Crippen LogP contribution in [0.2, 0.25) is 0 Å². The number of aliphatic carboxylic acids is 1. The number of nitrogens with two attached hydrogens (primary N) is 1. The third-order valence-electron chi connectivity index (χ3n) is 6.88. The van der Waals surface area contributed by atoms with Gasteiger partial charge in [-0.25, -0.2) is 15.8 Å². The molecule has 0 aromatic heterocycles. The molecule has 2 aliphatic rings. The van der Waals surface area contributed by atoms with E-state index in [1.807, 2.05) is 92.7 Å². The fraction of sp³-hybridized carbons (Fsp3) is 0.276. The monoisotopic (exact) mass is 498 g/mol. The topological polar surface area (TPSA) is 122 Å². The minimum absolute atomic E-state index is 0.204. The molecule has 3 aromatic carbocycles. The van der Waals surface area contributed by atoms with Gasteiger partial charge in [0.05, 0.1) is 22.9 Å². The summed E-state index contributed by atoms with van der Waals surface area (Å²) in [7, 11) is 0. The van der Waals surface area contributed by atoms with Crippen LogP contribution in [0.4, 0.5) is 5.69 Å². The maximum absolute atomic E-state index is 11.6. The van der Waals surface area contributed by atoms with Crippen LogP contribution in [0.3, 0.4) is 0 Å². The third kappa shape index (κ3) is 5.32. The van der Waals surface area contributed by atoms with Crippen LogP contribution >= 0.6 is 0 Å². The van der Waals surface area contributed by atoms with E-state index in [1.54, 1.807) is 0 Å². The van der Waals surface area contributed by atoms with E-state index in [9.17, 15) is 9.90 Å². The lowest BCUT2D eigenvalue weighted by Crippen LogP contribution is -2.37. The number of nitrogens with one attached hydrogen (secondary N) is 1. The van der Waals surface area contributed by atoms with Crippen molar-refractivity contribution < 1.29 is 19.4 Å². The molecule has 1 saturated carbocycles. The van der Waals surface area contributed by atoms with Crippen molar-refractivity contribution >= 4 is 23.2 Å². The second kappa shape index (κ2) is 9.89. The highest BCUT2D eigenvalue weighted by Gasteiger charge is 2.51. The van der Waals surface area contributed by atoms with Gasteiger partial charge in [-0.15, -0.1) is 0 Å². The summed E-state index contributed by atoms with van der Waals surface area (Å²) in [5, 5.41) is 9.51.